The van der Waals surface area contributed by atoms with Crippen molar-refractivity contribution in [1.29, 1.82) is 0 Å². The Labute approximate surface area is 113 Å². The van der Waals surface area contributed by atoms with Gasteiger partial charge in [0, 0.05) is 11.7 Å². The van der Waals surface area contributed by atoms with Crippen LogP contribution in [-0.4, -0.2) is 23.1 Å². The third-order valence-electron chi connectivity index (χ3n) is 2.83. The number of carbonyl (C=O) groups excluding carboxylic acids is 1. The van der Waals surface area contributed by atoms with Gasteiger partial charge in [-0.2, -0.15) is 0 Å². The second-order valence-electron chi connectivity index (χ2n) is 4.62. The lowest BCUT2D eigenvalue weighted by molar-refractivity contribution is 0.0696. The predicted molar refractivity (Wildman–Crippen MR) is 74.7 cm³/mol. The quantitative estimate of drug-likeness (QED) is 0.765. The topological polar surface area (TPSA) is 78.4 Å². The zero-order chi connectivity index (χ0) is 14.4. The minimum Gasteiger partial charge on any atom is -0.478 e. The second kappa shape index (κ2) is 6.78. The molecule has 1 rings (SSSR count). The molecule has 1 aromatic rings. The van der Waals surface area contributed by atoms with E-state index in [-0.39, 0.29) is 17.6 Å². The number of carboxylic acids is 1. The van der Waals surface area contributed by atoms with Crippen molar-refractivity contribution in [1.82, 2.24) is 5.32 Å². The molecule has 3 N–H and O–H groups in total. The molecule has 5 heteroatoms. The van der Waals surface area contributed by atoms with Crippen LogP contribution in [0.25, 0.3) is 0 Å². The van der Waals surface area contributed by atoms with Gasteiger partial charge in [-0.1, -0.05) is 19.4 Å². The van der Waals surface area contributed by atoms with Gasteiger partial charge in [-0.3, -0.25) is 0 Å². The molecule has 0 aliphatic carbocycles. The van der Waals surface area contributed by atoms with E-state index in [0.717, 1.165) is 12.8 Å². The van der Waals surface area contributed by atoms with Gasteiger partial charge < -0.3 is 15.7 Å². The Kier molecular flexibility index (Phi) is 5.36. The van der Waals surface area contributed by atoms with E-state index in [1.54, 1.807) is 19.1 Å². The molecule has 0 fully saturated rings. The summed E-state index contributed by atoms with van der Waals surface area (Å²) in [4.78, 5) is 22.7. The molecule has 104 valence electrons. The molecule has 0 radical (unpaired) electrons. The van der Waals surface area contributed by atoms with Gasteiger partial charge in [0.2, 0.25) is 0 Å². The van der Waals surface area contributed by atoms with Gasteiger partial charge in [-0.05, 0) is 38.0 Å². The number of urea groups is 1. The molecule has 0 bridgehead atoms. The van der Waals surface area contributed by atoms with Gasteiger partial charge in [-0.15, -0.1) is 0 Å². The summed E-state index contributed by atoms with van der Waals surface area (Å²) >= 11 is 0. The van der Waals surface area contributed by atoms with Crippen molar-refractivity contribution in [3.63, 3.8) is 0 Å². The Balaban J connectivity index is 2.69. The first kappa shape index (κ1) is 15.0. The maximum absolute atomic E-state index is 11.7. The summed E-state index contributed by atoms with van der Waals surface area (Å²) in [5, 5.41) is 14.4. The summed E-state index contributed by atoms with van der Waals surface area (Å²) in [6.45, 7) is 5.70. The molecule has 1 atom stereocenters. The molecule has 0 aromatic heterocycles. The van der Waals surface area contributed by atoms with Crippen molar-refractivity contribution >= 4 is 17.7 Å². The van der Waals surface area contributed by atoms with E-state index in [1.807, 2.05) is 6.92 Å². The van der Waals surface area contributed by atoms with E-state index in [1.165, 1.54) is 6.07 Å². The summed E-state index contributed by atoms with van der Waals surface area (Å²) in [5.41, 5.74) is 1.33. The minimum absolute atomic E-state index is 0.0920. The lowest BCUT2D eigenvalue weighted by Gasteiger charge is -2.14. The first-order chi connectivity index (χ1) is 8.93. The summed E-state index contributed by atoms with van der Waals surface area (Å²) in [6.07, 6.45) is 1.90. The number of rotatable bonds is 5. The maximum atomic E-state index is 11.7. The molecule has 0 saturated heterocycles. The van der Waals surface area contributed by atoms with E-state index < -0.39 is 5.97 Å². The zero-order valence-corrected chi connectivity index (χ0v) is 11.5. The van der Waals surface area contributed by atoms with Crippen LogP contribution in [0.3, 0.4) is 0 Å². The van der Waals surface area contributed by atoms with Crippen LogP contribution in [0.15, 0.2) is 18.2 Å². The number of carboxylic acid groups (broad SMARTS) is 1. The fourth-order valence-corrected chi connectivity index (χ4v) is 1.83. The smallest absolute Gasteiger partial charge is 0.336 e. The molecule has 0 heterocycles. The Morgan fingerprint density at radius 2 is 2.05 bits per heavy atom. The van der Waals surface area contributed by atoms with Crippen molar-refractivity contribution in [2.45, 2.75) is 39.7 Å². The third kappa shape index (κ3) is 4.62. The normalized spacial score (nSPS) is 11.7. The fourth-order valence-electron chi connectivity index (χ4n) is 1.83. The summed E-state index contributed by atoms with van der Waals surface area (Å²) in [6, 6.07) is 4.60. The van der Waals surface area contributed by atoms with Crippen LogP contribution < -0.4 is 10.6 Å². The van der Waals surface area contributed by atoms with Crippen LogP contribution in [0.4, 0.5) is 10.5 Å². The molecule has 0 spiro atoms. The number of nitrogens with one attached hydrogen (secondary N) is 2. The molecule has 5 nitrogen and oxygen atoms in total. The number of amides is 2. The maximum Gasteiger partial charge on any atom is 0.336 e. The molecular weight excluding hydrogens is 244 g/mol. The number of hydrogen-bond donors (Lipinski definition) is 3. The SMILES string of the molecule is CCCC(C)NC(=O)Nc1ccc(C)c(C(=O)O)c1. The molecule has 1 unspecified atom stereocenters. The predicted octanol–water partition coefficient (Wildman–Crippen LogP) is 3.00. The lowest BCUT2D eigenvalue weighted by atomic mass is 10.1. The van der Waals surface area contributed by atoms with E-state index in [2.05, 4.69) is 17.6 Å². The van der Waals surface area contributed by atoms with E-state index >= 15 is 0 Å². The Morgan fingerprint density at radius 1 is 1.37 bits per heavy atom. The van der Waals surface area contributed by atoms with Gasteiger partial charge in [0.1, 0.15) is 0 Å². The van der Waals surface area contributed by atoms with Crippen LogP contribution in [0, 0.1) is 6.92 Å². The van der Waals surface area contributed by atoms with E-state index in [9.17, 15) is 9.59 Å². The highest BCUT2D eigenvalue weighted by Crippen LogP contribution is 2.15. The molecule has 2 amide bonds. The van der Waals surface area contributed by atoms with Crippen LogP contribution in [0.2, 0.25) is 0 Å². The monoisotopic (exact) mass is 264 g/mol. The first-order valence-corrected chi connectivity index (χ1v) is 6.35. The van der Waals surface area contributed by atoms with Crippen molar-refractivity contribution in [3.8, 4) is 0 Å². The molecule has 0 saturated carbocycles. The van der Waals surface area contributed by atoms with Gasteiger partial charge >= 0.3 is 12.0 Å². The second-order valence-corrected chi connectivity index (χ2v) is 4.62. The van der Waals surface area contributed by atoms with Crippen molar-refractivity contribution in [2.75, 3.05) is 5.32 Å². The van der Waals surface area contributed by atoms with E-state index in [4.69, 9.17) is 5.11 Å². The average Bonchev–Trinajstić information content (AvgIpc) is 2.31. The van der Waals surface area contributed by atoms with Crippen LogP contribution in [0.5, 0.6) is 0 Å². The highest BCUT2D eigenvalue weighted by atomic mass is 16.4. The molecule has 0 aliphatic rings. The average molecular weight is 264 g/mol. The van der Waals surface area contributed by atoms with Gasteiger partial charge in [0.05, 0.1) is 5.56 Å². The summed E-state index contributed by atoms with van der Waals surface area (Å²) < 4.78 is 0. The summed E-state index contributed by atoms with van der Waals surface area (Å²) in [5.74, 6) is -0.999. The fraction of sp³-hybridized carbons (Fsp3) is 0.429. The lowest BCUT2D eigenvalue weighted by Crippen LogP contribution is -2.35. The highest BCUT2D eigenvalue weighted by Gasteiger charge is 2.10. The summed E-state index contributed by atoms with van der Waals surface area (Å²) in [7, 11) is 0. The standard InChI is InChI=1S/C14H20N2O3/c1-4-5-10(3)15-14(19)16-11-7-6-9(2)12(8-11)13(17)18/h6-8,10H,4-5H2,1-3H3,(H,17,18)(H2,15,16,19). The van der Waals surface area contributed by atoms with Crippen LogP contribution >= 0.6 is 0 Å². The largest absolute Gasteiger partial charge is 0.478 e. The number of hydrogen-bond acceptors (Lipinski definition) is 2. The molecular formula is C14H20N2O3. The van der Waals surface area contributed by atoms with Crippen molar-refractivity contribution < 1.29 is 14.7 Å². The Morgan fingerprint density at radius 3 is 2.63 bits per heavy atom. The first-order valence-electron chi connectivity index (χ1n) is 6.35. The van der Waals surface area contributed by atoms with Gasteiger partial charge in [-0.25, -0.2) is 9.59 Å². The Bertz CT molecular complexity index is 472. The number of aromatic carboxylic acids is 1. The van der Waals surface area contributed by atoms with E-state index in [0.29, 0.717) is 11.3 Å². The molecule has 19 heavy (non-hydrogen) atoms. The minimum atomic E-state index is -0.999. The van der Waals surface area contributed by atoms with Crippen LogP contribution in [0.1, 0.15) is 42.6 Å². The van der Waals surface area contributed by atoms with Crippen molar-refractivity contribution in [2.24, 2.45) is 0 Å². The number of aryl methyl sites for hydroxylation is 1. The zero-order valence-electron chi connectivity index (χ0n) is 11.5. The number of benzene rings is 1. The Hall–Kier alpha value is -2.04. The van der Waals surface area contributed by atoms with Gasteiger partial charge in [0.25, 0.3) is 0 Å². The molecule has 1 aromatic carbocycles. The van der Waals surface area contributed by atoms with Gasteiger partial charge in [0.15, 0.2) is 0 Å². The molecule has 0 aliphatic heterocycles. The third-order valence-corrected chi connectivity index (χ3v) is 2.83. The number of anilines is 1. The highest BCUT2D eigenvalue weighted by molar-refractivity contribution is 5.94. The van der Waals surface area contributed by atoms with Crippen molar-refractivity contribution in [3.05, 3.63) is 29.3 Å². The van der Waals surface area contributed by atoms with Crippen LogP contribution in [-0.2, 0) is 0 Å². The number of carbonyl (C=O) groups is 2.